The Balaban J connectivity index is 4.81. The summed E-state index contributed by atoms with van der Waals surface area (Å²) in [6, 6.07) is 0. The van der Waals surface area contributed by atoms with Crippen molar-refractivity contribution in [1.82, 2.24) is 0 Å². The van der Waals surface area contributed by atoms with E-state index in [9.17, 15) is 17.6 Å². The van der Waals surface area contributed by atoms with E-state index in [1.54, 1.807) is 0 Å². The summed E-state index contributed by atoms with van der Waals surface area (Å²) in [5.41, 5.74) is 0. The average molecular weight is 310 g/mol. The van der Waals surface area contributed by atoms with Crippen molar-refractivity contribution in [2.45, 2.75) is 25.2 Å². The van der Waals surface area contributed by atoms with E-state index < -0.39 is 25.5 Å². The van der Waals surface area contributed by atoms with Crippen molar-refractivity contribution in [2.75, 3.05) is 46.5 Å². The summed E-state index contributed by atoms with van der Waals surface area (Å²) in [7, 11) is 1.87. The van der Waals surface area contributed by atoms with E-state index in [2.05, 4.69) is 0 Å². The number of halogens is 4. The first-order valence-electron chi connectivity index (χ1n) is 5.86. The Morgan fingerprint density at radius 1 is 0.842 bits per heavy atom. The number of ether oxygens (including phenoxy) is 3. The van der Waals surface area contributed by atoms with Crippen molar-refractivity contribution in [3.05, 3.63) is 0 Å². The van der Waals surface area contributed by atoms with Crippen LogP contribution in [0.1, 0.15) is 13.3 Å². The molecule has 0 rings (SSSR count). The van der Waals surface area contributed by atoms with Crippen LogP contribution < -0.4 is 0 Å². The van der Waals surface area contributed by atoms with Gasteiger partial charge in [-0.3, -0.25) is 0 Å². The van der Waals surface area contributed by atoms with Crippen LogP contribution in [-0.2, 0) is 14.2 Å². The van der Waals surface area contributed by atoms with Gasteiger partial charge in [0.1, 0.15) is 0 Å². The van der Waals surface area contributed by atoms with E-state index in [-0.39, 0.29) is 32.1 Å². The van der Waals surface area contributed by atoms with Gasteiger partial charge in [0.25, 0.3) is 0 Å². The first-order valence-corrected chi connectivity index (χ1v) is 8.69. The van der Waals surface area contributed by atoms with Crippen LogP contribution in [0, 0.1) is 0 Å². The second kappa shape index (κ2) is 7.72. The molecule has 19 heavy (non-hydrogen) atoms. The number of methoxy groups -OCH3 is 3. The Bertz CT molecular complexity index is 242. The molecule has 0 bridgehead atoms. The van der Waals surface area contributed by atoms with Gasteiger partial charge < -0.3 is 0 Å². The maximum atomic E-state index is 13.3. The SMILES string of the molecule is COC[PH](CCC(F)(F)C(C)(F)F)(COC)COC. The molecule has 0 aliphatic rings. The summed E-state index contributed by atoms with van der Waals surface area (Å²) in [5.74, 6) is -8.05. The van der Waals surface area contributed by atoms with Crippen molar-refractivity contribution in [2.24, 2.45) is 0 Å². The molecule has 0 unspecified atom stereocenters. The molecule has 3 nitrogen and oxygen atoms in total. The van der Waals surface area contributed by atoms with E-state index in [0.717, 1.165) is 0 Å². The van der Waals surface area contributed by atoms with Gasteiger partial charge in [-0.1, -0.05) is 0 Å². The Morgan fingerprint density at radius 3 is 1.47 bits per heavy atom. The van der Waals surface area contributed by atoms with Gasteiger partial charge in [-0.25, -0.2) is 0 Å². The van der Waals surface area contributed by atoms with Gasteiger partial charge in [0.05, 0.1) is 0 Å². The standard InChI is InChI=1S/C11H23F4O3P/c1-10(12,13)11(14,15)5-6-19(7-16-2,8-17-3)9-18-4/h19H,5-9H2,1-4H3. The molecular formula is C11H23F4O3P. The molecule has 0 radical (unpaired) electrons. The van der Waals surface area contributed by atoms with Crippen molar-refractivity contribution in [3.63, 3.8) is 0 Å². The third kappa shape index (κ3) is 5.90. The Kier molecular flexibility index (Phi) is 7.73. The molecule has 0 heterocycles. The zero-order valence-electron chi connectivity index (χ0n) is 11.8. The monoisotopic (exact) mass is 310 g/mol. The normalized spacial score (nSPS) is 14.7. The quantitative estimate of drug-likeness (QED) is 0.458. The van der Waals surface area contributed by atoms with Crippen LogP contribution in [-0.4, -0.2) is 58.4 Å². The molecule has 8 heteroatoms. The topological polar surface area (TPSA) is 27.7 Å². The second-order valence-corrected chi connectivity index (χ2v) is 9.26. The van der Waals surface area contributed by atoms with Crippen LogP contribution in [0.3, 0.4) is 0 Å². The van der Waals surface area contributed by atoms with Gasteiger partial charge in [-0.05, 0) is 0 Å². The maximum absolute atomic E-state index is 13.3. The third-order valence-corrected chi connectivity index (χ3v) is 6.98. The summed E-state index contributed by atoms with van der Waals surface area (Å²) in [6.45, 7) is 0.235. The fraction of sp³-hybridized carbons (Fsp3) is 1.00. The van der Waals surface area contributed by atoms with Gasteiger partial charge >= 0.3 is 111 Å². The van der Waals surface area contributed by atoms with Gasteiger partial charge in [0.2, 0.25) is 0 Å². The number of hydrogen-bond donors (Lipinski definition) is 0. The minimum atomic E-state index is -4.03. The summed E-state index contributed by atoms with van der Waals surface area (Å²) < 4.78 is 67.4. The summed E-state index contributed by atoms with van der Waals surface area (Å²) in [4.78, 5) is 0. The molecule has 118 valence electrons. The molecule has 0 amide bonds. The van der Waals surface area contributed by atoms with E-state index in [1.807, 2.05) is 0 Å². The molecule has 0 atom stereocenters. The van der Waals surface area contributed by atoms with Crippen LogP contribution in [0.5, 0.6) is 0 Å². The molecule has 0 fully saturated rings. The van der Waals surface area contributed by atoms with E-state index in [0.29, 0.717) is 0 Å². The molecular weight excluding hydrogens is 287 g/mol. The minimum absolute atomic E-state index is 0.0427. The summed E-state index contributed by atoms with van der Waals surface area (Å²) in [6.07, 6.45) is -0.224. The van der Waals surface area contributed by atoms with Crippen LogP contribution in [0.15, 0.2) is 0 Å². The predicted octanol–water partition coefficient (Wildman–Crippen LogP) is 3.23. The molecule has 0 aromatic rings. The van der Waals surface area contributed by atoms with Crippen molar-refractivity contribution in [1.29, 1.82) is 0 Å². The molecule has 0 spiro atoms. The number of hydrogen-bond acceptors (Lipinski definition) is 3. The molecule has 0 aliphatic carbocycles. The fourth-order valence-corrected chi connectivity index (χ4v) is 5.27. The van der Waals surface area contributed by atoms with E-state index in [1.165, 1.54) is 21.3 Å². The first kappa shape index (κ1) is 19.0. The molecule has 0 saturated carbocycles. The van der Waals surface area contributed by atoms with Gasteiger partial charge in [0, 0.05) is 0 Å². The predicted molar refractivity (Wildman–Crippen MR) is 69.0 cm³/mol. The van der Waals surface area contributed by atoms with Crippen LogP contribution in [0.2, 0.25) is 0 Å². The Labute approximate surface area is 111 Å². The van der Waals surface area contributed by atoms with Gasteiger partial charge in [-0.2, -0.15) is 0 Å². The molecule has 0 aromatic heterocycles. The molecule has 0 saturated heterocycles. The van der Waals surface area contributed by atoms with Crippen LogP contribution in [0.4, 0.5) is 17.6 Å². The average Bonchev–Trinajstić information content (AvgIpc) is 2.26. The van der Waals surface area contributed by atoms with E-state index >= 15 is 0 Å². The van der Waals surface area contributed by atoms with Crippen molar-refractivity contribution >= 4 is 7.26 Å². The van der Waals surface area contributed by atoms with Gasteiger partial charge in [-0.15, -0.1) is 0 Å². The Hall–Kier alpha value is 0.0300. The zero-order valence-corrected chi connectivity index (χ0v) is 12.8. The Morgan fingerprint density at radius 2 is 1.21 bits per heavy atom. The van der Waals surface area contributed by atoms with Crippen molar-refractivity contribution < 1.29 is 31.8 Å². The molecule has 0 aromatic carbocycles. The molecule has 0 N–H and O–H groups in total. The van der Waals surface area contributed by atoms with Crippen LogP contribution in [0.25, 0.3) is 0 Å². The fourth-order valence-electron chi connectivity index (χ4n) is 1.90. The first-order chi connectivity index (χ1) is 8.64. The van der Waals surface area contributed by atoms with Gasteiger partial charge in [0.15, 0.2) is 0 Å². The van der Waals surface area contributed by atoms with Crippen molar-refractivity contribution in [3.8, 4) is 0 Å². The number of rotatable bonds is 10. The summed E-state index contributed by atoms with van der Waals surface area (Å²) in [5, 5.41) is 0. The zero-order chi connectivity index (χ0) is 15.2. The van der Waals surface area contributed by atoms with E-state index in [4.69, 9.17) is 14.2 Å². The number of alkyl halides is 4. The second-order valence-electron chi connectivity index (χ2n) is 4.89. The molecule has 0 aliphatic heterocycles. The summed E-state index contributed by atoms with van der Waals surface area (Å²) >= 11 is 0. The van der Waals surface area contributed by atoms with Crippen LogP contribution >= 0.6 is 7.26 Å². The third-order valence-electron chi connectivity index (χ3n) is 2.96.